The summed E-state index contributed by atoms with van der Waals surface area (Å²) in [5.41, 5.74) is 15.0. The first-order valence-electron chi connectivity index (χ1n) is 6.10. The van der Waals surface area contributed by atoms with E-state index in [1.54, 1.807) is 4.57 Å². The van der Waals surface area contributed by atoms with Crippen molar-refractivity contribution in [1.82, 2.24) is 19.5 Å². The summed E-state index contributed by atoms with van der Waals surface area (Å²) in [7, 11) is 0. The molecule has 11 heteroatoms. The van der Waals surface area contributed by atoms with E-state index in [1.807, 2.05) is 0 Å². The molecule has 2 aromatic heterocycles. The lowest BCUT2D eigenvalue weighted by molar-refractivity contribution is -0.0232. The van der Waals surface area contributed by atoms with Crippen LogP contribution in [0.2, 0.25) is 5.15 Å². The van der Waals surface area contributed by atoms with E-state index in [0.29, 0.717) is 17.6 Å². The molecule has 1 fully saturated rings. The smallest absolute Gasteiger partial charge is 0.223 e. The van der Waals surface area contributed by atoms with Crippen molar-refractivity contribution in [3.05, 3.63) is 21.9 Å². The van der Waals surface area contributed by atoms with Crippen LogP contribution in [0.1, 0.15) is 12.6 Å². The molecule has 1 aliphatic heterocycles. The normalized spacial score (nSPS) is 25.1. The Balaban J connectivity index is 2.00. The van der Waals surface area contributed by atoms with E-state index < -0.39 is 18.4 Å². The number of fused-ring (bicyclic) bond motifs is 1. The van der Waals surface area contributed by atoms with Crippen LogP contribution >= 0.6 is 11.6 Å². The van der Waals surface area contributed by atoms with E-state index in [4.69, 9.17) is 27.6 Å². The summed E-state index contributed by atoms with van der Waals surface area (Å²) in [5.74, 6) is 0.0255. The topological polar surface area (TPSA) is 148 Å². The van der Waals surface area contributed by atoms with Gasteiger partial charge in [0.2, 0.25) is 5.95 Å². The number of rotatable bonds is 3. The highest BCUT2D eigenvalue weighted by molar-refractivity contribution is 6.33. The molecule has 0 spiro atoms. The SMILES string of the molecule is [N-]=[N+]=NC1C[C@H](n2cnc3c(Cl)nc(N)nc32)O[C@@H]1CO. The number of imidazole rings is 1. The Morgan fingerprint density at radius 2 is 2.43 bits per heavy atom. The largest absolute Gasteiger partial charge is 0.394 e. The average molecular weight is 311 g/mol. The number of ether oxygens (including phenoxy) is 1. The van der Waals surface area contributed by atoms with Crippen LogP contribution in [0.4, 0.5) is 5.95 Å². The van der Waals surface area contributed by atoms with Crippen molar-refractivity contribution in [2.45, 2.75) is 24.8 Å². The molecule has 110 valence electrons. The predicted molar refractivity (Wildman–Crippen MR) is 73.3 cm³/mol. The second-order valence-corrected chi connectivity index (χ2v) is 4.87. The molecule has 3 N–H and O–H groups in total. The molecule has 1 unspecified atom stereocenters. The maximum atomic E-state index is 9.28. The van der Waals surface area contributed by atoms with Gasteiger partial charge in [-0.05, 0) is 5.53 Å². The number of nitrogens with zero attached hydrogens (tertiary/aromatic N) is 7. The third kappa shape index (κ3) is 2.34. The van der Waals surface area contributed by atoms with Gasteiger partial charge in [0.25, 0.3) is 0 Å². The monoisotopic (exact) mass is 310 g/mol. The van der Waals surface area contributed by atoms with Gasteiger partial charge < -0.3 is 15.6 Å². The van der Waals surface area contributed by atoms with E-state index in [9.17, 15) is 5.11 Å². The minimum atomic E-state index is -0.571. The van der Waals surface area contributed by atoms with Crippen molar-refractivity contribution < 1.29 is 9.84 Å². The molecule has 1 saturated heterocycles. The molecule has 10 nitrogen and oxygen atoms in total. The second-order valence-electron chi connectivity index (χ2n) is 4.52. The second kappa shape index (κ2) is 5.34. The third-order valence-corrected chi connectivity index (χ3v) is 3.55. The molecule has 3 rings (SSSR count). The number of nitrogen functional groups attached to an aromatic ring is 1. The summed E-state index contributed by atoms with van der Waals surface area (Å²) in [6, 6.07) is -0.461. The van der Waals surface area contributed by atoms with E-state index >= 15 is 0 Å². The van der Waals surface area contributed by atoms with Crippen molar-refractivity contribution in [2.24, 2.45) is 5.11 Å². The molecule has 0 aliphatic carbocycles. The zero-order valence-corrected chi connectivity index (χ0v) is 11.4. The molecular formula is C10H11ClN8O2. The summed E-state index contributed by atoms with van der Waals surface area (Å²) in [4.78, 5) is 14.8. The number of nitrogens with two attached hydrogens (primary N) is 1. The molecule has 2 aromatic rings. The number of aromatic nitrogens is 4. The standard InChI is InChI=1S/C10H11ClN8O2/c11-8-7-9(16-10(12)15-8)19(3-14-7)6-1-4(17-18-13)5(2-20)21-6/h3-6,20H,1-2H2,(H2,12,15,16)/t4?,5-,6-/m1/s1. The third-order valence-electron chi connectivity index (χ3n) is 3.29. The molecule has 21 heavy (non-hydrogen) atoms. The first-order valence-corrected chi connectivity index (χ1v) is 6.48. The van der Waals surface area contributed by atoms with Crippen molar-refractivity contribution in [2.75, 3.05) is 12.3 Å². The van der Waals surface area contributed by atoms with E-state index in [1.165, 1.54) is 6.33 Å². The van der Waals surface area contributed by atoms with Gasteiger partial charge in [-0.25, -0.2) is 4.98 Å². The fourth-order valence-corrected chi connectivity index (χ4v) is 2.57. The lowest BCUT2D eigenvalue weighted by Gasteiger charge is -2.13. The van der Waals surface area contributed by atoms with Gasteiger partial charge >= 0.3 is 0 Å². The van der Waals surface area contributed by atoms with Gasteiger partial charge in [-0.3, -0.25) is 4.57 Å². The van der Waals surface area contributed by atoms with Gasteiger partial charge in [0.05, 0.1) is 25.1 Å². The first kappa shape index (κ1) is 13.8. The zero-order valence-electron chi connectivity index (χ0n) is 10.7. The van der Waals surface area contributed by atoms with Crippen LogP contribution in [0, 0.1) is 0 Å². The summed E-state index contributed by atoms with van der Waals surface area (Å²) >= 11 is 5.96. The minimum absolute atomic E-state index is 0.0255. The van der Waals surface area contributed by atoms with Crippen LogP contribution in [0.5, 0.6) is 0 Å². The number of aliphatic hydroxyl groups excluding tert-OH is 1. The van der Waals surface area contributed by atoms with Gasteiger partial charge in [0.15, 0.2) is 10.8 Å². The maximum absolute atomic E-state index is 9.28. The molecule has 1 aliphatic rings. The number of anilines is 1. The van der Waals surface area contributed by atoms with E-state index in [-0.39, 0.29) is 17.7 Å². The predicted octanol–water partition coefficient (Wildman–Crippen LogP) is 1.02. The van der Waals surface area contributed by atoms with Crippen molar-refractivity contribution in [3.63, 3.8) is 0 Å². The molecule has 0 bridgehead atoms. The van der Waals surface area contributed by atoms with Gasteiger partial charge in [0.1, 0.15) is 11.7 Å². The van der Waals surface area contributed by atoms with Gasteiger partial charge in [0, 0.05) is 11.3 Å². The summed E-state index contributed by atoms with van der Waals surface area (Å²) in [6.45, 7) is -0.245. The highest BCUT2D eigenvalue weighted by Crippen LogP contribution is 2.33. The van der Waals surface area contributed by atoms with E-state index in [2.05, 4.69) is 25.0 Å². The molecular weight excluding hydrogens is 300 g/mol. The Hall–Kier alpha value is -2.13. The molecule has 0 radical (unpaired) electrons. The van der Waals surface area contributed by atoms with E-state index in [0.717, 1.165) is 0 Å². The zero-order chi connectivity index (χ0) is 15.0. The van der Waals surface area contributed by atoms with Crippen LogP contribution in [0.15, 0.2) is 11.4 Å². The average Bonchev–Trinajstić information content (AvgIpc) is 3.02. The van der Waals surface area contributed by atoms with Gasteiger partial charge in [-0.15, -0.1) is 0 Å². The highest BCUT2D eigenvalue weighted by atomic mass is 35.5. The van der Waals surface area contributed by atoms with Crippen LogP contribution < -0.4 is 5.73 Å². The number of halogens is 1. The molecule has 3 atom stereocenters. The maximum Gasteiger partial charge on any atom is 0.223 e. The summed E-state index contributed by atoms with van der Waals surface area (Å²) < 4.78 is 7.31. The van der Waals surface area contributed by atoms with Crippen molar-refractivity contribution in [3.8, 4) is 0 Å². The Kier molecular flexibility index (Phi) is 3.52. The van der Waals surface area contributed by atoms with Crippen molar-refractivity contribution >= 4 is 28.7 Å². The fraction of sp³-hybridized carbons (Fsp3) is 0.500. The fourth-order valence-electron chi connectivity index (χ4n) is 2.35. The quantitative estimate of drug-likeness (QED) is 0.374. The summed E-state index contributed by atoms with van der Waals surface area (Å²) in [6.07, 6.45) is 0.843. The number of aliphatic hydroxyl groups is 1. The number of hydrogen-bond acceptors (Lipinski definition) is 7. The highest BCUT2D eigenvalue weighted by Gasteiger charge is 2.36. The Bertz CT molecular complexity index is 727. The number of hydrogen-bond donors (Lipinski definition) is 2. The lowest BCUT2D eigenvalue weighted by atomic mass is 10.1. The van der Waals surface area contributed by atoms with Crippen LogP contribution in [0.3, 0.4) is 0 Å². The lowest BCUT2D eigenvalue weighted by Crippen LogP contribution is -2.22. The molecule has 0 saturated carbocycles. The molecule has 0 amide bonds. The van der Waals surface area contributed by atoms with Crippen LogP contribution in [-0.2, 0) is 4.74 Å². The van der Waals surface area contributed by atoms with Gasteiger partial charge in [-0.2, -0.15) is 9.97 Å². The van der Waals surface area contributed by atoms with Crippen LogP contribution in [-0.4, -0.2) is 43.4 Å². The van der Waals surface area contributed by atoms with Crippen LogP contribution in [0.25, 0.3) is 21.6 Å². The summed E-state index contributed by atoms with van der Waals surface area (Å²) in [5, 5.41) is 13.1. The Labute approximate surface area is 123 Å². The minimum Gasteiger partial charge on any atom is -0.394 e. The Morgan fingerprint density at radius 3 is 3.14 bits per heavy atom. The van der Waals surface area contributed by atoms with Crippen molar-refractivity contribution in [1.29, 1.82) is 0 Å². The molecule has 0 aromatic carbocycles. The Morgan fingerprint density at radius 1 is 1.62 bits per heavy atom. The molecule has 3 heterocycles. The van der Waals surface area contributed by atoms with Gasteiger partial charge in [-0.1, -0.05) is 16.7 Å². The number of azide groups is 1. The first-order chi connectivity index (χ1) is 10.1.